The van der Waals surface area contributed by atoms with Gasteiger partial charge in [0.05, 0.1) is 44.1 Å². The number of nitrogens with zero attached hydrogens (tertiary/aromatic N) is 5. The van der Waals surface area contributed by atoms with Crippen LogP contribution in [0.3, 0.4) is 0 Å². The molecule has 0 fully saturated rings. The van der Waals surface area contributed by atoms with Crippen molar-refractivity contribution in [2.24, 2.45) is 0 Å². The third-order valence-electron chi connectivity index (χ3n) is 16.0. The quantitative estimate of drug-likeness (QED) is 0.149. The first kappa shape index (κ1) is 43.9. The summed E-state index contributed by atoms with van der Waals surface area (Å²) in [5, 5.41) is 7.29. The number of rotatable bonds is 8. The van der Waals surface area contributed by atoms with Crippen molar-refractivity contribution in [1.82, 2.24) is 23.3 Å². The standard InChI is InChI=1S/C73H47N5/c1-5-17-48(18-6-1)51-31-38-67-60(43-51)62-45-53(33-40-68(62)76(67)57-35-29-50(30-36-57)73-74-65-26-14-16-28-72(65)78(73)56-23-11-4-12-24-56)54-34-41-70-63(46-54)61-44-52(49-19-7-2-8-20-49)32-39-69(61)77(70)58-37-42-71-64(47-58)59-25-13-15-27-66(59)75(71)55-21-9-3-10-22-55/h1-47H. The summed E-state index contributed by atoms with van der Waals surface area (Å²) in [5.74, 6) is 0.915. The third kappa shape index (κ3) is 6.92. The van der Waals surface area contributed by atoms with Crippen molar-refractivity contribution in [3.05, 3.63) is 285 Å². The van der Waals surface area contributed by atoms with Crippen molar-refractivity contribution in [1.29, 1.82) is 0 Å². The Bertz CT molecular complexity index is 4980. The van der Waals surface area contributed by atoms with E-state index in [1.807, 2.05) is 0 Å². The minimum Gasteiger partial charge on any atom is -0.309 e. The molecular formula is C73H47N5. The zero-order valence-electron chi connectivity index (χ0n) is 42.4. The van der Waals surface area contributed by atoms with Crippen LogP contribution in [-0.4, -0.2) is 23.3 Å². The van der Waals surface area contributed by atoms with E-state index in [2.05, 4.69) is 303 Å². The van der Waals surface area contributed by atoms with Crippen LogP contribution in [0, 0.1) is 0 Å². The number of benzene rings is 12. The van der Waals surface area contributed by atoms with Gasteiger partial charge in [-0.25, -0.2) is 4.98 Å². The first-order valence-corrected chi connectivity index (χ1v) is 26.7. The minimum atomic E-state index is 0.915. The highest BCUT2D eigenvalue weighted by Gasteiger charge is 2.21. The van der Waals surface area contributed by atoms with E-state index in [-0.39, 0.29) is 0 Å². The third-order valence-corrected chi connectivity index (χ3v) is 16.0. The van der Waals surface area contributed by atoms with Crippen LogP contribution < -0.4 is 0 Å². The largest absolute Gasteiger partial charge is 0.309 e. The van der Waals surface area contributed by atoms with Crippen LogP contribution in [-0.2, 0) is 0 Å². The summed E-state index contributed by atoms with van der Waals surface area (Å²) >= 11 is 0. The number of aromatic nitrogens is 5. The van der Waals surface area contributed by atoms with Gasteiger partial charge in [0.2, 0.25) is 0 Å². The van der Waals surface area contributed by atoms with Crippen LogP contribution in [0.4, 0.5) is 0 Å². The molecule has 0 spiro atoms. The smallest absolute Gasteiger partial charge is 0.145 e. The lowest BCUT2D eigenvalue weighted by Gasteiger charge is -2.12. The average Bonchev–Trinajstić information content (AvgIpc) is 4.39. The monoisotopic (exact) mass is 993 g/mol. The zero-order valence-corrected chi connectivity index (χ0v) is 42.4. The van der Waals surface area contributed by atoms with E-state index in [1.165, 1.54) is 82.2 Å². The van der Waals surface area contributed by atoms with Gasteiger partial charge >= 0.3 is 0 Å². The Kier molecular flexibility index (Phi) is 9.87. The van der Waals surface area contributed by atoms with Gasteiger partial charge in [-0.05, 0) is 167 Å². The Balaban J connectivity index is 0.864. The highest BCUT2D eigenvalue weighted by atomic mass is 15.1. The molecule has 364 valence electrons. The van der Waals surface area contributed by atoms with Crippen LogP contribution in [0.5, 0.6) is 0 Å². The molecule has 0 saturated heterocycles. The molecule has 0 radical (unpaired) electrons. The van der Waals surface area contributed by atoms with Gasteiger partial charge in [0, 0.05) is 60.6 Å². The van der Waals surface area contributed by atoms with Crippen molar-refractivity contribution < 1.29 is 0 Å². The van der Waals surface area contributed by atoms with E-state index in [9.17, 15) is 0 Å². The van der Waals surface area contributed by atoms with E-state index >= 15 is 0 Å². The average molecular weight is 994 g/mol. The van der Waals surface area contributed by atoms with Crippen LogP contribution in [0.1, 0.15) is 0 Å². The summed E-state index contributed by atoms with van der Waals surface area (Å²) in [5.41, 5.74) is 21.7. The summed E-state index contributed by atoms with van der Waals surface area (Å²) in [6.07, 6.45) is 0. The second-order valence-corrected chi connectivity index (χ2v) is 20.4. The molecule has 0 amide bonds. The first-order chi connectivity index (χ1) is 38.7. The Hall–Kier alpha value is -10.5. The lowest BCUT2D eigenvalue weighted by molar-refractivity contribution is 1.10. The second-order valence-electron chi connectivity index (χ2n) is 20.4. The zero-order chi connectivity index (χ0) is 51.3. The van der Waals surface area contributed by atoms with Crippen molar-refractivity contribution in [2.75, 3.05) is 0 Å². The fourth-order valence-electron chi connectivity index (χ4n) is 12.4. The van der Waals surface area contributed by atoms with Crippen molar-refractivity contribution in [3.8, 4) is 67.5 Å². The molecule has 16 rings (SSSR count). The number of para-hydroxylation sites is 5. The molecule has 78 heavy (non-hydrogen) atoms. The molecule has 0 unspecified atom stereocenters. The normalized spacial score (nSPS) is 11.8. The van der Waals surface area contributed by atoms with Crippen LogP contribution in [0.25, 0.3) is 144 Å². The molecule has 0 aliphatic heterocycles. The Morgan fingerprint density at radius 3 is 1.04 bits per heavy atom. The maximum atomic E-state index is 5.18. The van der Waals surface area contributed by atoms with Crippen LogP contribution >= 0.6 is 0 Å². The van der Waals surface area contributed by atoms with Crippen LogP contribution in [0.15, 0.2) is 285 Å². The molecule has 4 aromatic heterocycles. The maximum Gasteiger partial charge on any atom is 0.145 e. The van der Waals surface area contributed by atoms with Gasteiger partial charge < -0.3 is 13.7 Å². The van der Waals surface area contributed by atoms with Crippen molar-refractivity contribution in [3.63, 3.8) is 0 Å². The maximum absolute atomic E-state index is 5.18. The Labute approximate surface area is 450 Å². The topological polar surface area (TPSA) is 32.6 Å². The minimum absolute atomic E-state index is 0.915. The Morgan fingerprint density at radius 1 is 0.192 bits per heavy atom. The summed E-state index contributed by atoms with van der Waals surface area (Å²) in [4.78, 5) is 5.18. The summed E-state index contributed by atoms with van der Waals surface area (Å²) in [6.45, 7) is 0. The fraction of sp³-hybridized carbons (Fsp3) is 0. The fourth-order valence-corrected chi connectivity index (χ4v) is 12.4. The SMILES string of the molecule is c1ccc(-c2ccc3c(c2)c2cc(-c4ccc5c(c4)c4cc(-c6ccccc6)ccc4n5-c4ccc5c(c4)c4ccccc4n5-c4ccccc4)ccc2n3-c2ccc(-c3nc4ccccc4n3-c3ccccc3)cc2)cc1. The molecule has 12 aromatic carbocycles. The molecule has 0 bridgehead atoms. The summed E-state index contributed by atoms with van der Waals surface area (Å²) < 4.78 is 9.53. The number of imidazole rings is 1. The highest BCUT2D eigenvalue weighted by Crippen LogP contribution is 2.42. The van der Waals surface area contributed by atoms with Crippen LogP contribution in [0.2, 0.25) is 0 Å². The number of fused-ring (bicyclic) bond motifs is 10. The second kappa shape index (κ2) is 17.6. The molecule has 0 aliphatic rings. The van der Waals surface area contributed by atoms with E-state index in [1.54, 1.807) is 0 Å². The Morgan fingerprint density at radius 2 is 0.526 bits per heavy atom. The van der Waals surface area contributed by atoms with E-state index in [0.29, 0.717) is 0 Å². The van der Waals surface area contributed by atoms with E-state index < -0.39 is 0 Å². The van der Waals surface area contributed by atoms with Gasteiger partial charge in [0.15, 0.2) is 0 Å². The molecule has 4 heterocycles. The van der Waals surface area contributed by atoms with Gasteiger partial charge in [-0.1, -0.05) is 152 Å². The highest BCUT2D eigenvalue weighted by molar-refractivity contribution is 6.15. The lowest BCUT2D eigenvalue weighted by Crippen LogP contribution is -1.98. The molecule has 5 nitrogen and oxygen atoms in total. The summed E-state index contributed by atoms with van der Waals surface area (Å²) in [7, 11) is 0. The molecular weight excluding hydrogens is 947 g/mol. The molecule has 0 atom stereocenters. The number of hydrogen-bond donors (Lipinski definition) is 0. The lowest BCUT2D eigenvalue weighted by atomic mass is 9.98. The number of hydrogen-bond acceptors (Lipinski definition) is 1. The van der Waals surface area contributed by atoms with Gasteiger partial charge in [-0.15, -0.1) is 0 Å². The predicted molar refractivity (Wildman–Crippen MR) is 326 cm³/mol. The van der Waals surface area contributed by atoms with Crippen molar-refractivity contribution >= 4 is 76.5 Å². The van der Waals surface area contributed by atoms with Gasteiger partial charge in [-0.3, -0.25) is 4.57 Å². The van der Waals surface area contributed by atoms with Gasteiger partial charge in [-0.2, -0.15) is 0 Å². The molecule has 0 saturated carbocycles. The molecule has 5 heteroatoms. The first-order valence-electron chi connectivity index (χ1n) is 26.7. The molecule has 0 N–H and O–H groups in total. The van der Waals surface area contributed by atoms with E-state index in [4.69, 9.17) is 4.98 Å². The summed E-state index contributed by atoms with van der Waals surface area (Å²) in [6, 6.07) is 104. The molecule has 0 aliphatic carbocycles. The van der Waals surface area contributed by atoms with Gasteiger partial charge in [0.1, 0.15) is 5.82 Å². The van der Waals surface area contributed by atoms with Gasteiger partial charge in [0.25, 0.3) is 0 Å². The van der Waals surface area contributed by atoms with Crippen molar-refractivity contribution in [2.45, 2.75) is 0 Å². The van der Waals surface area contributed by atoms with E-state index in [0.717, 1.165) is 61.7 Å². The predicted octanol–water partition coefficient (Wildman–Crippen LogP) is 19.0. The molecule has 16 aromatic rings.